The highest BCUT2D eigenvalue weighted by Crippen LogP contribution is 2.25. The van der Waals surface area contributed by atoms with E-state index >= 15 is 0 Å². The number of hydrogen-bond acceptors (Lipinski definition) is 4. The van der Waals surface area contributed by atoms with E-state index in [0.717, 1.165) is 33.4 Å². The summed E-state index contributed by atoms with van der Waals surface area (Å²) in [6, 6.07) is 25.5. The van der Waals surface area contributed by atoms with Crippen LogP contribution >= 0.6 is 0 Å². The summed E-state index contributed by atoms with van der Waals surface area (Å²) in [4.78, 5) is 19.7. The first-order valence-electron chi connectivity index (χ1n) is 10.1. The maximum atomic E-state index is 13.0. The first kappa shape index (κ1) is 20.3. The highest BCUT2D eigenvalue weighted by Gasteiger charge is 2.13. The standard InChI is InChI=1S/C26H24N4O/c1-18-8-12-20(13-9-18)25-16-23(22-6-4-5-7-24(22)28-25)26(31)29-27-17-19-10-14-21(15-11-19)30(2)3/h4-17H,1-3H3,(H,29,31). The fraction of sp³-hybridized carbons (Fsp3) is 0.115. The van der Waals surface area contributed by atoms with Crippen LogP contribution in [0.15, 0.2) is 84.0 Å². The molecular weight excluding hydrogens is 384 g/mol. The summed E-state index contributed by atoms with van der Waals surface area (Å²) in [5.74, 6) is -0.270. The van der Waals surface area contributed by atoms with Gasteiger partial charge in [0, 0.05) is 30.7 Å². The van der Waals surface area contributed by atoms with Crippen molar-refractivity contribution < 1.29 is 4.79 Å². The Labute approximate surface area is 182 Å². The zero-order valence-electron chi connectivity index (χ0n) is 17.8. The summed E-state index contributed by atoms with van der Waals surface area (Å²) in [6.45, 7) is 2.04. The van der Waals surface area contributed by atoms with E-state index in [9.17, 15) is 4.79 Å². The maximum Gasteiger partial charge on any atom is 0.272 e. The SMILES string of the molecule is Cc1ccc(-c2cc(C(=O)NN=Cc3ccc(N(C)C)cc3)c3ccccc3n2)cc1. The van der Waals surface area contributed by atoms with E-state index in [0.29, 0.717) is 5.56 Å². The lowest BCUT2D eigenvalue weighted by atomic mass is 10.0. The zero-order chi connectivity index (χ0) is 21.8. The summed E-state index contributed by atoms with van der Waals surface area (Å²) in [5, 5.41) is 4.95. The molecule has 5 heteroatoms. The van der Waals surface area contributed by atoms with Gasteiger partial charge in [-0.2, -0.15) is 5.10 Å². The molecule has 4 aromatic rings. The van der Waals surface area contributed by atoms with Crippen molar-refractivity contribution in [3.8, 4) is 11.3 Å². The molecule has 1 amide bonds. The Morgan fingerprint density at radius 1 is 0.968 bits per heavy atom. The van der Waals surface area contributed by atoms with E-state index in [-0.39, 0.29) is 5.91 Å². The van der Waals surface area contributed by atoms with Crippen molar-refractivity contribution in [3.63, 3.8) is 0 Å². The molecular formula is C26H24N4O. The first-order chi connectivity index (χ1) is 15.0. The minimum Gasteiger partial charge on any atom is -0.378 e. The topological polar surface area (TPSA) is 57.6 Å². The van der Waals surface area contributed by atoms with Crippen molar-refractivity contribution in [1.82, 2.24) is 10.4 Å². The summed E-state index contributed by atoms with van der Waals surface area (Å²) in [7, 11) is 3.99. The minimum atomic E-state index is -0.270. The second kappa shape index (κ2) is 8.79. The predicted molar refractivity (Wildman–Crippen MR) is 128 cm³/mol. The monoisotopic (exact) mass is 408 g/mol. The van der Waals surface area contributed by atoms with E-state index in [1.54, 1.807) is 6.21 Å². The number of hydrazone groups is 1. The number of fused-ring (bicyclic) bond motifs is 1. The maximum absolute atomic E-state index is 13.0. The Hall–Kier alpha value is -3.99. The normalized spacial score (nSPS) is 11.1. The van der Waals surface area contributed by atoms with Gasteiger partial charge in [0.25, 0.3) is 5.91 Å². The van der Waals surface area contributed by atoms with Crippen molar-refractivity contribution in [2.75, 3.05) is 19.0 Å². The molecule has 0 spiro atoms. The Morgan fingerprint density at radius 3 is 2.39 bits per heavy atom. The smallest absolute Gasteiger partial charge is 0.272 e. The van der Waals surface area contributed by atoms with Gasteiger partial charge < -0.3 is 4.90 Å². The number of hydrogen-bond donors (Lipinski definition) is 1. The molecule has 4 rings (SSSR count). The minimum absolute atomic E-state index is 0.270. The average molecular weight is 409 g/mol. The van der Waals surface area contributed by atoms with Crippen LogP contribution in [0.2, 0.25) is 0 Å². The lowest BCUT2D eigenvalue weighted by Crippen LogP contribution is -2.18. The number of para-hydroxylation sites is 1. The van der Waals surface area contributed by atoms with E-state index in [1.165, 1.54) is 5.56 Å². The van der Waals surface area contributed by atoms with E-state index < -0.39 is 0 Å². The molecule has 0 atom stereocenters. The average Bonchev–Trinajstić information content (AvgIpc) is 2.79. The van der Waals surface area contributed by atoms with Gasteiger partial charge in [-0.15, -0.1) is 0 Å². The number of anilines is 1. The number of carbonyl (C=O) groups is 1. The van der Waals surface area contributed by atoms with E-state index in [2.05, 4.69) is 10.5 Å². The predicted octanol–water partition coefficient (Wildman–Crippen LogP) is 5.04. The second-order valence-corrected chi connectivity index (χ2v) is 7.62. The first-order valence-corrected chi connectivity index (χ1v) is 10.1. The van der Waals surface area contributed by atoms with Gasteiger partial charge in [-0.25, -0.2) is 10.4 Å². The number of carbonyl (C=O) groups excluding carboxylic acids is 1. The van der Waals surface area contributed by atoms with Gasteiger partial charge >= 0.3 is 0 Å². The highest BCUT2D eigenvalue weighted by molar-refractivity contribution is 6.07. The van der Waals surface area contributed by atoms with Crippen molar-refractivity contribution in [2.45, 2.75) is 6.92 Å². The number of rotatable bonds is 5. The largest absolute Gasteiger partial charge is 0.378 e. The molecule has 3 aromatic carbocycles. The molecule has 0 unspecified atom stereocenters. The fourth-order valence-corrected chi connectivity index (χ4v) is 3.32. The van der Waals surface area contributed by atoms with E-state index in [4.69, 9.17) is 4.98 Å². The number of pyridine rings is 1. The third kappa shape index (κ3) is 4.61. The van der Waals surface area contributed by atoms with Gasteiger partial charge in [-0.3, -0.25) is 4.79 Å². The Kier molecular flexibility index (Phi) is 5.76. The van der Waals surface area contributed by atoms with Gasteiger partial charge in [-0.1, -0.05) is 60.2 Å². The van der Waals surface area contributed by atoms with Crippen LogP contribution in [0.4, 0.5) is 5.69 Å². The van der Waals surface area contributed by atoms with Crippen LogP contribution in [0.3, 0.4) is 0 Å². The molecule has 0 aliphatic carbocycles. The van der Waals surface area contributed by atoms with Gasteiger partial charge in [-0.05, 0) is 36.8 Å². The molecule has 0 aliphatic heterocycles. The van der Waals surface area contributed by atoms with Crippen LogP contribution in [0.5, 0.6) is 0 Å². The molecule has 0 fully saturated rings. The van der Waals surface area contributed by atoms with Crippen LogP contribution in [0.25, 0.3) is 22.2 Å². The summed E-state index contributed by atoms with van der Waals surface area (Å²) in [5.41, 5.74) is 8.89. The molecule has 5 nitrogen and oxygen atoms in total. The van der Waals surface area contributed by atoms with Crippen LogP contribution in [0, 0.1) is 6.92 Å². The van der Waals surface area contributed by atoms with Crippen molar-refractivity contribution >= 4 is 28.7 Å². The number of aryl methyl sites for hydroxylation is 1. The molecule has 0 saturated heterocycles. The van der Waals surface area contributed by atoms with Crippen LogP contribution in [0.1, 0.15) is 21.5 Å². The second-order valence-electron chi connectivity index (χ2n) is 7.62. The molecule has 154 valence electrons. The quantitative estimate of drug-likeness (QED) is 0.372. The lowest BCUT2D eigenvalue weighted by Gasteiger charge is -2.11. The number of nitrogens with zero attached hydrogens (tertiary/aromatic N) is 3. The summed E-state index contributed by atoms with van der Waals surface area (Å²) in [6.07, 6.45) is 1.64. The van der Waals surface area contributed by atoms with Crippen LogP contribution < -0.4 is 10.3 Å². The Morgan fingerprint density at radius 2 is 1.68 bits per heavy atom. The third-order valence-corrected chi connectivity index (χ3v) is 5.10. The number of nitrogens with one attached hydrogen (secondary N) is 1. The molecule has 1 heterocycles. The van der Waals surface area contributed by atoms with Crippen molar-refractivity contribution in [3.05, 3.63) is 95.6 Å². The molecule has 0 radical (unpaired) electrons. The molecule has 0 bridgehead atoms. The summed E-state index contributed by atoms with van der Waals surface area (Å²) >= 11 is 0. The zero-order valence-corrected chi connectivity index (χ0v) is 17.8. The van der Waals surface area contributed by atoms with Crippen LogP contribution in [-0.2, 0) is 0 Å². The molecule has 0 aliphatic rings. The van der Waals surface area contributed by atoms with E-state index in [1.807, 2.05) is 105 Å². The molecule has 1 N–H and O–H groups in total. The molecule has 31 heavy (non-hydrogen) atoms. The van der Waals surface area contributed by atoms with Crippen LogP contribution in [-0.4, -0.2) is 31.2 Å². The summed E-state index contributed by atoms with van der Waals surface area (Å²) < 4.78 is 0. The Bertz CT molecular complexity index is 1240. The number of aromatic nitrogens is 1. The third-order valence-electron chi connectivity index (χ3n) is 5.10. The number of amides is 1. The van der Waals surface area contributed by atoms with Gasteiger partial charge in [0.2, 0.25) is 0 Å². The van der Waals surface area contributed by atoms with Gasteiger partial charge in [0.05, 0.1) is 23.0 Å². The van der Waals surface area contributed by atoms with Crippen molar-refractivity contribution in [1.29, 1.82) is 0 Å². The molecule has 1 aromatic heterocycles. The number of benzene rings is 3. The fourth-order valence-electron chi connectivity index (χ4n) is 3.32. The van der Waals surface area contributed by atoms with Gasteiger partial charge in [0.1, 0.15) is 0 Å². The van der Waals surface area contributed by atoms with Crippen molar-refractivity contribution in [2.24, 2.45) is 5.10 Å². The highest BCUT2D eigenvalue weighted by atomic mass is 16.2. The van der Waals surface area contributed by atoms with Gasteiger partial charge in [0.15, 0.2) is 0 Å². The Balaban J connectivity index is 1.61. The molecule has 0 saturated carbocycles. The lowest BCUT2D eigenvalue weighted by molar-refractivity contribution is 0.0956.